The Kier molecular flexibility index (Phi) is 14.7. The van der Waals surface area contributed by atoms with Gasteiger partial charge in [0.25, 0.3) is 0 Å². The highest BCUT2D eigenvalue weighted by Gasteiger charge is 2.57. The van der Waals surface area contributed by atoms with Gasteiger partial charge >= 0.3 is 15.1 Å². The van der Waals surface area contributed by atoms with E-state index in [4.69, 9.17) is 150 Å². The van der Waals surface area contributed by atoms with E-state index in [0.717, 1.165) is 0 Å². The van der Waals surface area contributed by atoms with Crippen molar-refractivity contribution in [1.82, 2.24) is 0 Å². The molecule has 0 fully saturated rings. The van der Waals surface area contributed by atoms with Gasteiger partial charge in [0.15, 0.2) is 8.32 Å². The topological polar surface area (TPSA) is 27.7 Å². The third kappa shape index (κ3) is 11.6. The molecule has 0 amide bonds. The molecular weight excluding hydrogens is 673 g/mol. The molecule has 0 atom stereocenters. The fourth-order valence-electron chi connectivity index (χ4n) is 2.19. The average Bonchev–Trinajstić information content (AvgIpc) is 2.50. The highest BCUT2D eigenvalue weighted by Crippen LogP contribution is 2.48. The van der Waals surface area contributed by atoms with Gasteiger partial charge in [-0.05, 0) is 18.1 Å². The molecule has 0 aromatic heterocycles. The molecule has 0 aromatic carbocycles. The zero-order valence-corrected chi connectivity index (χ0v) is 26.3. The Hall–Kier alpha value is 4.11. The smallest absolute Gasteiger partial charge is 0.498 e. The summed E-state index contributed by atoms with van der Waals surface area (Å²) in [5.41, 5.74) is 0. The first-order valence-electron chi connectivity index (χ1n) is 7.99. The van der Waals surface area contributed by atoms with Gasteiger partial charge in [-0.15, -0.1) is 0 Å². The zero-order valence-electron chi connectivity index (χ0n) is 15.1. The van der Waals surface area contributed by atoms with Crippen molar-refractivity contribution in [3.8, 4) is 0 Å². The molecule has 29 heavy (non-hydrogen) atoms. The van der Waals surface area contributed by atoms with Crippen LogP contribution in [-0.2, 0) is 11.1 Å². The Labute approximate surface area is 237 Å². The highest BCUT2D eigenvalue weighted by atomic mass is 35.6. The molecule has 174 valence electrons. The first kappa shape index (κ1) is 33.1. The highest BCUT2D eigenvalue weighted by molar-refractivity contribution is 6.79. The first-order valence-corrected chi connectivity index (χ1v) is 16.5. The second-order valence-electron chi connectivity index (χ2n) is 5.85. The molecule has 0 unspecified atom stereocenters. The van der Waals surface area contributed by atoms with Crippen molar-refractivity contribution in [1.29, 1.82) is 0 Å². The van der Waals surface area contributed by atoms with E-state index in [9.17, 15) is 0 Å². The third-order valence-corrected chi connectivity index (χ3v) is 14.0. The molecular formula is C12H17AlCl12O3Si. The van der Waals surface area contributed by atoms with Crippen LogP contribution in [0.4, 0.5) is 0 Å². The third-order valence-electron chi connectivity index (χ3n) is 3.96. The average molecular weight is 690 g/mol. The predicted molar refractivity (Wildman–Crippen MR) is 135 cm³/mol. The Balaban J connectivity index is 6.13. The van der Waals surface area contributed by atoms with Crippen molar-refractivity contribution in [3.05, 3.63) is 0 Å². The summed E-state index contributed by atoms with van der Waals surface area (Å²) in [4.78, 5) is 0. The quantitative estimate of drug-likeness (QED) is 0.179. The van der Waals surface area contributed by atoms with Gasteiger partial charge in [0, 0.05) is 0 Å². The molecule has 0 rings (SSSR count). The van der Waals surface area contributed by atoms with Crippen molar-refractivity contribution in [2.75, 3.05) is 0 Å². The molecule has 17 heteroatoms. The van der Waals surface area contributed by atoms with Crippen LogP contribution in [0.2, 0.25) is 18.1 Å². The van der Waals surface area contributed by atoms with Crippen LogP contribution in [0.15, 0.2) is 0 Å². The van der Waals surface area contributed by atoms with E-state index < -0.39 is 50.8 Å². The van der Waals surface area contributed by atoms with Gasteiger partial charge in [-0.3, -0.25) is 0 Å². The summed E-state index contributed by atoms with van der Waals surface area (Å²) in [6, 6.07) is 2.15. The van der Waals surface area contributed by atoms with Gasteiger partial charge in [-0.2, -0.15) is 0 Å². The minimum Gasteiger partial charge on any atom is -0.498 e. The van der Waals surface area contributed by atoms with Crippen molar-refractivity contribution < 1.29 is 11.1 Å². The largest absolute Gasteiger partial charge is 0.895 e. The molecule has 0 radical (unpaired) electrons. The van der Waals surface area contributed by atoms with Crippen LogP contribution in [0.1, 0.15) is 20.8 Å². The second kappa shape index (κ2) is 12.9. The summed E-state index contributed by atoms with van der Waals surface area (Å²) in [6.07, 6.45) is -3.18. The molecule has 0 N–H and O–H groups in total. The molecule has 0 heterocycles. The normalized spacial score (nSPS) is 14.8. The van der Waals surface area contributed by atoms with Crippen LogP contribution in [0.5, 0.6) is 0 Å². The Bertz CT molecular complexity index is 430. The van der Waals surface area contributed by atoms with Gasteiger partial charge in [0.05, 0.1) is 0 Å². The van der Waals surface area contributed by atoms with Crippen molar-refractivity contribution in [3.63, 3.8) is 0 Å². The second-order valence-corrected chi connectivity index (χ2v) is 21.9. The fraction of sp³-hybridized carbons (Fsp3) is 1.00. The summed E-state index contributed by atoms with van der Waals surface area (Å²) in [6.45, 7) is 5.90. The fourth-order valence-corrected chi connectivity index (χ4v) is 13.7. The molecule has 0 aliphatic carbocycles. The van der Waals surface area contributed by atoms with E-state index in [-0.39, 0.29) is 0 Å². The van der Waals surface area contributed by atoms with E-state index in [1.807, 2.05) is 20.8 Å². The van der Waals surface area contributed by atoms with Gasteiger partial charge in [0.2, 0.25) is 15.2 Å². The summed E-state index contributed by atoms with van der Waals surface area (Å²) in [5, 5.41) is 0. The number of alkyl halides is 12. The zero-order chi connectivity index (χ0) is 23.5. The van der Waals surface area contributed by atoms with Crippen molar-refractivity contribution in [2.45, 2.75) is 66.3 Å². The maximum Gasteiger partial charge on any atom is 0.895 e. The molecule has 0 aromatic rings. The molecule has 0 aliphatic heterocycles. The van der Waals surface area contributed by atoms with Crippen molar-refractivity contribution in [2.24, 2.45) is 0 Å². The number of hydrogen-bond donors (Lipinski definition) is 0. The predicted octanol–water partition coefficient (Wildman–Crippen LogP) is 9.24. The standard InChI is InChI=1S/C6H15OSi.2C3HCl6O.Al/c1-4-8(7,5-2)6-3;2*4-2(5,6)1(10)3(7,8)9;/h4-6H2,1-3H3;2*1H;/q3*-1;+3. The van der Waals surface area contributed by atoms with Crippen LogP contribution in [0.3, 0.4) is 0 Å². The SMILES string of the molecule is CC[Si](CC)(CC)[O][Al]([O]C(C(Cl)(Cl)Cl)C(Cl)(Cl)Cl)[O]C(C(Cl)(Cl)Cl)C(Cl)(Cl)Cl. The molecule has 0 saturated carbocycles. The molecule has 0 aliphatic rings. The summed E-state index contributed by atoms with van der Waals surface area (Å²) >= 11 is 67.9. The van der Waals surface area contributed by atoms with Gasteiger partial charge in [-0.25, -0.2) is 0 Å². The Morgan fingerprint density at radius 2 is 0.828 bits per heavy atom. The Morgan fingerprint density at radius 3 is 1.00 bits per heavy atom. The molecule has 0 saturated heterocycles. The van der Waals surface area contributed by atoms with E-state index in [2.05, 4.69) is 0 Å². The molecule has 0 spiro atoms. The summed E-state index contributed by atoms with van der Waals surface area (Å²) < 4.78 is 9.11. The summed E-state index contributed by atoms with van der Waals surface area (Å²) in [7, 11) is -2.36. The van der Waals surface area contributed by atoms with Crippen LogP contribution >= 0.6 is 139 Å². The Morgan fingerprint density at radius 1 is 0.586 bits per heavy atom. The summed E-state index contributed by atoms with van der Waals surface area (Å²) in [5.74, 6) is 0. The molecule has 3 nitrogen and oxygen atoms in total. The molecule has 0 bridgehead atoms. The minimum atomic E-state index is -3.38. The maximum absolute atomic E-state index is 6.26. The number of rotatable bonds is 9. The maximum atomic E-state index is 6.26. The van der Waals surface area contributed by atoms with Gasteiger partial charge in [0.1, 0.15) is 12.2 Å². The van der Waals surface area contributed by atoms with Crippen LogP contribution in [-0.4, -0.2) is 50.8 Å². The van der Waals surface area contributed by atoms with Crippen molar-refractivity contribution >= 4 is 163 Å². The number of halogens is 12. The lowest BCUT2D eigenvalue weighted by molar-refractivity contribution is 0.0615. The number of hydrogen-bond acceptors (Lipinski definition) is 3. The van der Waals surface area contributed by atoms with E-state index in [1.165, 1.54) is 0 Å². The van der Waals surface area contributed by atoms with E-state index >= 15 is 0 Å². The lowest BCUT2D eigenvalue weighted by atomic mass is 10.4. The van der Waals surface area contributed by atoms with Crippen LogP contribution in [0.25, 0.3) is 0 Å². The van der Waals surface area contributed by atoms with E-state index in [0.29, 0.717) is 18.1 Å². The van der Waals surface area contributed by atoms with Crippen LogP contribution in [0, 0.1) is 0 Å². The van der Waals surface area contributed by atoms with Crippen LogP contribution < -0.4 is 0 Å². The minimum absolute atomic E-state index is 0.717. The van der Waals surface area contributed by atoms with Gasteiger partial charge in [-0.1, -0.05) is 160 Å². The monoisotopic (exact) mass is 684 g/mol. The first-order chi connectivity index (χ1) is 12.7. The van der Waals surface area contributed by atoms with Gasteiger partial charge < -0.3 is 11.1 Å². The lowest BCUT2D eigenvalue weighted by Gasteiger charge is -2.39. The van der Waals surface area contributed by atoms with E-state index in [1.54, 1.807) is 0 Å². The lowest BCUT2D eigenvalue weighted by Crippen LogP contribution is -2.54.